The van der Waals surface area contributed by atoms with Crippen molar-refractivity contribution in [1.29, 1.82) is 5.41 Å². The first-order chi connectivity index (χ1) is 60.1. The van der Waals surface area contributed by atoms with Crippen LogP contribution in [0.5, 0.6) is 0 Å². The maximum atomic E-state index is 15.4. The fraction of sp³-hybridized carbons (Fsp3) is 0.475. The number of nitrogens with zero attached hydrogens (tertiary/aromatic N) is 3. The molecule has 0 aliphatic carbocycles. The average Bonchev–Trinajstić information content (AvgIpc) is 1.67. The minimum Gasteiger partial charge on any atom is -0.481 e. The molecule has 680 valence electrons. The number of aromatic amines is 2. The molecular weight excluding hydrogens is 1700 g/mol. The number of benzene rings is 3. The summed E-state index contributed by atoms with van der Waals surface area (Å²) in [6.45, 7) is 0.440. The van der Waals surface area contributed by atoms with Crippen molar-refractivity contribution in [1.82, 2.24) is 93.8 Å². The molecule has 0 spiro atoms. The first kappa shape index (κ1) is 98.4. The SMILES string of the molecule is CC[C@@H]1NC(=O)[C@H](Cc2c[nH]c3ccccc23)NC(=O)[C@H](CCC(N)=O)NC(=O)[C@@H](NC(C)=O)CSCCC(=O)N2CN3CN(C2)C(=O)CCSC[C@H](NC(=O)[C@H](CC(=O)O)NC(=O)[C@H](CCC(=O)O)NC1=O)C(=O)N[C@@H](Cc1c[nH]c2ccccc12)C(=O)N[C@@H](CCCNC(=N)N)C(=O)NCC(=O)N[C@@H](Cc1ccccc1)C(=O)N[C@H](C(N)=O)CSCCC3=O. The third kappa shape index (κ3) is 31.0. The molecule has 3 aliphatic heterocycles. The number of para-hydroxylation sites is 2. The van der Waals surface area contributed by atoms with E-state index in [4.69, 9.17) is 22.6 Å². The summed E-state index contributed by atoms with van der Waals surface area (Å²) >= 11 is 2.85. The molecule has 2 aromatic heterocycles. The highest BCUT2D eigenvalue weighted by atomic mass is 32.2. The van der Waals surface area contributed by atoms with E-state index in [1.165, 1.54) is 27.8 Å². The lowest BCUT2D eigenvalue weighted by Crippen LogP contribution is -2.61. The van der Waals surface area contributed by atoms with E-state index in [2.05, 4.69) is 79.1 Å². The van der Waals surface area contributed by atoms with E-state index in [0.717, 1.165) is 42.2 Å². The van der Waals surface area contributed by atoms with Gasteiger partial charge < -0.3 is 121 Å². The van der Waals surface area contributed by atoms with Gasteiger partial charge in [-0.25, -0.2) is 0 Å². The van der Waals surface area contributed by atoms with Gasteiger partial charge in [-0.2, -0.15) is 35.3 Å². The predicted molar refractivity (Wildman–Crippen MR) is 461 cm³/mol. The Morgan fingerprint density at radius 1 is 0.476 bits per heavy atom. The molecule has 3 aliphatic rings. The summed E-state index contributed by atoms with van der Waals surface area (Å²) in [6, 6.07) is 3.37. The van der Waals surface area contributed by atoms with Gasteiger partial charge in [0.15, 0.2) is 5.96 Å². The Balaban J connectivity index is 1.21. The molecule has 0 saturated carbocycles. The normalized spacial score (nSPS) is 23.4. The van der Waals surface area contributed by atoms with Crippen LogP contribution in [0, 0.1) is 5.41 Å². The summed E-state index contributed by atoms with van der Waals surface area (Å²) in [7, 11) is 0. The number of amides is 17. The molecule has 3 aromatic carbocycles. The lowest BCUT2D eigenvalue weighted by Gasteiger charge is -2.42. The number of hydrogen-bond acceptors (Lipinski definition) is 23. The molecule has 0 unspecified atom stereocenters. The Kier molecular flexibility index (Phi) is 38.2. The minimum atomic E-state index is -2.21. The topological polar surface area (TPSA) is 664 Å². The van der Waals surface area contributed by atoms with Gasteiger partial charge in [-0.05, 0) is 60.9 Å². The van der Waals surface area contributed by atoms with E-state index >= 15 is 14.4 Å². The number of guanidine groups is 1. The molecular formula is C80H106N22O21S3. The first-order valence-corrected chi connectivity index (χ1v) is 44.0. The zero-order valence-electron chi connectivity index (χ0n) is 69.1. The molecule has 5 heterocycles. The molecule has 46 heteroatoms. The lowest BCUT2D eigenvalue weighted by molar-refractivity contribution is -0.158. The fourth-order valence-corrected chi connectivity index (χ4v) is 16.6. The highest BCUT2D eigenvalue weighted by molar-refractivity contribution is 7.99. The van der Waals surface area contributed by atoms with Gasteiger partial charge in [-0.15, -0.1) is 0 Å². The number of carboxylic acid groups (broad SMARTS) is 2. The number of fused-ring (bicyclic) bond motifs is 9. The van der Waals surface area contributed by atoms with Crippen LogP contribution in [0.1, 0.15) is 101 Å². The number of rotatable bonds is 21. The Morgan fingerprint density at radius 3 is 1.44 bits per heavy atom. The van der Waals surface area contributed by atoms with Crippen LogP contribution < -0.4 is 86.3 Å². The summed E-state index contributed by atoms with van der Waals surface area (Å²) < 4.78 is 0. The van der Waals surface area contributed by atoms with Crippen molar-refractivity contribution >= 4 is 175 Å². The molecule has 4 bridgehead atoms. The van der Waals surface area contributed by atoms with Crippen molar-refractivity contribution in [2.75, 3.05) is 67.6 Å². The van der Waals surface area contributed by atoms with E-state index in [0.29, 0.717) is 38.5 Å². The second kappa shape index (κ2) is 48.9. The largest absolute Gasteiger partial charge is 0.481 e. The van der Waals surface area contributed by atoms with Gasteiger partial charge in [0.2, 0.25) is 100 Å². The number of primary amides is 2. The molecule has 126 heavy (non-hydrogen) atoms. The monoisotopic (exact) mass is 1810 g/mol. The van der Waals surface area contributed by atoms with Crippen LogP contribution in [0.4, 0.5) is 0 Å². The Labute approximate surface area is 735 Å². The van der Waals surface area contributed by atoms with Crippen molar-refractivity contribution in [3.05, 3.63) is 108 Å². The number of hydrogen-bond donors (Lipinski definition) is 21. The van der Waals surface area contributed by atoms with Crippen molar-refractivity contribution in [2.45, 2.75) is 170 Å². The average molecular weight is 1810 g/mol. The molecule has 17 amide bonds. The number of carboxylic acids is 2. The Morgan fingerprint density at radius 2 is 0.921 bits per heavy atom. The smallest absolute Gasteiger partial charge is 0.305 e. The number of thioether (sulfide) groups is 3. The molecule has 43 nitrogen and oxygen atoms in total. The number of nitrogens with one attached hydrogen (secondary N) is 16. The van der Waals surface area contributed by atoms with Crippen LogP contribution in [0.25, 0.3) is 21.8 Å². The van der Waals surface area contributed by atoms with Gasteiger partial charge >= 0.3 is 11.9 Å². The molecule has 5 aromatic rings. The van der Waals surface area contributed by atoms with Crippen LogP contribution in [-0.4, -0.2) is 287 Å². The predicted octanol–water partition coefficient (Wildman–Crippen LogP) is -4.32. The highest BCUT2D eigenvalue weighted by Crippen LogP contribution is 2.24. The van der Waals surface area contributed by atoms with E-state index in [1.54, 1.807) is 85.1 Å². The summed E-state index contributed by atoms with van der Waals surface area (Å²) in [5.41, 5.74) is 19.5. The summed E-state index contributed by atoms with van der Waals surface area (Å²) in [4.78, 5) is 279. The molecule has 3 saturated heterocycles. The number of carbonyl (C=O) groups is 19. The van der Waals surface area contributed by atoms with Crippen LogP contribution in [0.2, 0.25) is 0 Å². The van der Waals surface area contributed by atoms with E-state index in [-0.39, 0.29) is 86.7 Å². The highest BCUT2D eigenvalue weighted by Gasteiger charge is 2.39. The van der Waals surface area contributed by atoms with Gasteiger partial charge in [-0.3, -0.25) is 96.5 Å². The molecule has 0 radical (unpaired) electrons. The van der Waals surface area contributed by atoms with Gasteiger partial charge in [0, 0.05) is 134 Å². The van der Waals surface area contributed by atoms with Gasteiger partial charge in [-0.1, -0.05) is 73.7 Å². The Bertz CT molecular complexity index is 4820. The zero-order chi connectivity index (χ0) is 91.7. The van der Waals surface area contributed by atoms with Gasteiger partial charge in [0.1, 0.15) is 66.5 Å². The molecule has 8 rings (SSSR count). The van der Waals surface area contributed by atoms with Gasteiger partial charge in [0.05, 0.1) is 33.0 Å². The number of nitrogens with two attached hydrogens (primary N) is 3. The van der Waals surface area contributed by atoms with E-state index in [1.807, 2.05) is 0 Å². The van der Waals surface area contributed by atoms with E-state index < -0.39 is 256 Å². The Hall–Kier alpha value is -13.0. The first-order valence-electron chi connectivity index (χ1n) is 40.5. The third-order valence-electron chi connectivity index (χ3n) is 20.4. The van der Waals surface area contributed by atoms with Crippen LogP contribution in [0.15, 0.2) is 91.3 Å². The van der Waals surface area contributed by atoms with Crippen LogP contribution >= 0.6 is 35.3 Å². The summed E-state index contributed by atoms with van der Waals surface area (Å²) in [6.07, 6.45) is -3.21. The quantitative estimate of drug-likeness (QED) is 0.0188. The van der Waals surface area contributed by atoms with Crippen molar-refractivity contribution in [3.63, 3.8) is 0 Å². The lowest BCUT2D eigenvalue weighted by atomic mass is 10.0. The zero-order valence-corrected chi connectivity index (χ0v) is 71.6. The third-order valence-corrected chi connectivity index (χ3v) is 23.6. The number of aliphatic carboxylic acids is 2. The second-order valence-electron chi connectivity index (χ2n) is 30.0. The minimum absolute atomic E-state index is 0.0164. The molecule has 3 fully saturated rings. The number of carbonyl (C=O) groups excluding carboxylic acids is 17. The maximum Gasteiger partial charge on any atom is 0.305 e. The molecule has 11 atom stereocenters. The van der Waals surface area contributed by atoms with E-state index in [9.17, 15) is 86.9 Å². The van der Waals surface area contributed by atoms with Crippen molar-refractivity contribution in [3.8, 4) is 0 Å². The number of aromatic nitrogens is 2. The van der Waals surface area contributed by atoms with Gasteiger partial charge in [0.25, 0.3) is 0 Å². The second-order valence-corrected chi connectivity index (χ2v) is 33.4. The number of H-pyrrole nitrogens is 2. The fourth-order valence-electron chi connectivity index (χ4n) is 13.7. The van der Waals surface area contributed by atoms with Crippen LogP contribution in [-0.2, 0) is 110 Å². The van der Waals surface area contributed by atoms with Crippen LogP contribution in [0.3, 0.4) is 0 Å². The standard InChI is InChI=1S/C80H106N22O21S3/c1-3-49-71(115)93-54(20-22-67(109)110)73(117)97-58(33-68(111)112)77(121)99-61-39-126-29-25-66(108)102-41-100(40-101(42-102)65(107)24-28-125-38-60(89-43(2)103)78(122)94-53(19-21-62(81)104)72(116)95-56(75(119)91-49)31-45-34-86-50-16-9-7-14-47(45)50)64(106)23-27-124-37-59(69(82)113)98-74(118)55(30-44-12-5-4-6-13-44)90-63(105)36-88-70(114)52(18-11-26-85-80(83)84)92-76(120)57(96-79(61)123)32-46-35-87-51-17-10-8-15-48(46)51/h4-10,12-17,34-35,49,52-61,86-87H,3,11,18-33,36-42H2,1-2H3,(H2,81,104)(H2,82,113)(H,88,114)(H,89,103)(H,90,105)(H,91,119)(H,92,120)(H,93,115)(H,94,122)(H,95,116)(H,96,123)(H,97,117)(H,98,118)(H,99,121)(H,109,110)(H,111,112)(H4,83,84,85)/t49-,52-,53-,54-,55-,56-,57-,58-,59-,60-,61-/m0/s1. The molecule has 24 N–H and O–H groups in total. The van der Waals surface area contributed by atoms with Crippen molar-refractivity contribution < 1.29 is 101 Å². The van der Waals surface area contributed by atoms with Crippen molar-refractivity contribution in [2.24, 2.45) is 17.2 Å². The maximum absolute atomic E-state index is 15.4. The summed E-state index contributed by atoms with van der Waals surface area (Å²) in [5.74, 6) is -21.7. The summed E-state index contributed by atoms with van der Waals surface area (Å²) in [5, 5.41) is 62.1.